The molecular formula is C27H28N6O. The van der Waals surface area contributed by atoms with Crippen molar-refractivity contribution in [1.82, 2.24) is 14.7 Å². The smallest absolute Gasteiger partial charge is 0.267 e. The average Bonchev–Trinajstić information content (AvgIpc) is 3.52. The van der Waals surface area contributed by atoms with Crippen LogP contribution in [0.15, 0.2) is 66.2 Å². The number of rotatable bonds is 5. The molecular weight excluding hydrogens is 424 g/mol. The largest absolute Gasteiger partial charge is 0.340 e. The minimum Gasteiger partial charge on any atom is -0.340 e. The Kier molecular flexibility index (Phi) is 4.79. The van der Waals surface area contributed by atoms with E-state index in [1.54, 1.807) is 4.90 Å². The van der Waals surface area contributed by atoms with E-state index in [0.717, 1.165) is 47.6 Å². The molecule has 0 radical (unpaired) electrons. The number of allylic oxidation sites excluding steroid dienone is 1. The summed E-state index contributed by atoms with van der Waals surface area (Å²) < 4.78 is 1.92. The number of nitrogens with one attached hydrogen (secondary N) is 1. The molecule has 1 saturated carbocycles. The Morgan fingerprint density at radius 3 is 2.62 bits per heavy atom. The third-order valence-electron chi connectivity index (χ3n) is 7.07. The summed E-state index contributed by atoms with van der Waals surface area (Å²) in [6.07, 6.45) is 3.28. The van der Waals surface area contributed by atoms with E-state index in [4.69, 9.17) is 10.1 Å². The van der Waals surface area contributed by atoms with Crippen molar-refractivity contribution in [2.45, 2.75) is 44.8 Å². The lowest BCUT2D eigenvalue weighted by Crippen LogP contribution is -2.51. The van der Waals surface area contributed by atoms with Gasteiger partial charge in [-0.25, -0.2) is 9.67 Å². The summed E-state index contributed by atoms with van der Waals surface area (Å²) >= 11 is 0. The van der Waals surface area contributed by atoms with Gasteiger partial charge in [-0.15, -0.1) is 0 Å². The number of carbonyl (C=O) groups excluding carboxylic acids is 1. The highest BCUT2D eigenvalue weighted by Gasteiger charge is 2.49. The Balaban J connectivity index is 1.46. The van der Waals surface area contributed by atoms with Crippen LogP contribution in [0.1, 0.15) is 47.7 Å². The van der Waals surface area contributed by atoms with E-state index in [2.05, 4.69) is 41.1 Å². The van der Waals surface area contributed by atoms with Crippen LogP contribution >= 0.6 is 0 Å². The number of guanidine groups is 1. The highest BCUT2D eigenvalue weighted by Crippen LogP contribution is 2.42. The van der Waals surface area contributed by atoms with Crippen molar-refractivity contribution >= 4 is 34.8 Å². The first-order chi connectivity index (χ1) is 16.5. The summed E-state index contributed by atoms with van der Waals surface area (Å²) in [5.74, 6) is 2.08. The number of hydrogen-bond donors (Lipinski definition) is 1. The highest BCUT2D eigenvalue weighted by molar-refractivity contribution is 6.21. The third-order valence-corrected chi connectivity index (χ3v) is 7.07. The van der Waals surface area contributed by atoms with Gasteiger partial charge in [-0.05, 0) is 49.4 Å². The molecule has 1 aliphatic carbocycles. The second-order valence-corrected chi connectivity index (χ2v) is 9.40. The van der Waals surface area contributed by atoms with E-state index in [0.29, 0.717) is 23.7 Å². The second kappa shape index (κ2) is 7.87. The molecule has 0 spiro atoms. The lowest BCUT2D eigenvalue weighted by Gasteiger charge is -2.34. The molecule has 7 nitrogen and oxygen atoms in total. The number of aromatic nitrogens is 2. The molecule has 2 aromatic carbocycles. The molecule has 7 heteroatoms. The molecule has 6 rings (SSSR count). The number of hydrogen-bond acceptors (Lipinski definition) is 5. The number of aliphatic imine (C=N–C) groups is 1. The van der Waals surface area contributed by atoms with E-state index < -0.39 is 0 Å². The maximum Gasteiger partial charge on any atom is 0.267 e. The molecule has 0 unspecified atom stereocenters. The molecule has 2 atom stereocenters. The highest BCUT2D eigenvalue weighted by atomic mass is 16.2. The summed E-state index contributed by atoms with van der Waals surface area (Å²) in [6.45, 7) is 6.58. The maximum absolute atomic E-state index is 13.6. The van der Waals surface area contributed by atoms with Crippen molar-refractivity contribution in [3.63, 3.8) is 0 Å². The SMILES string of the molecule is C=C(C)c1ccc(Cn2nc3c(c2Nc2ccccc2)C(=O)N(C)C2=N[C@@H]4CCC[C@@H]4N23)cc1. The molecule has 2 aliphatic heterocycles. The van der Waals surface area contributed by atoms with Gasteiger partial charge in [0.15, 0.2) is 5.82 Å². The minimum absolute atomic E-state index is 0.0766. The van der Waals surface area contributed by atoms with E-state index in [-0.39, 0.29) is 18.0 Å². The lowest BCUT2D eigenvalue weighted by molar-refractivity contribution is 0.0866. The fraction of sp³-hybridized carbons (Fsp3) is 0.296. The number of fused-ring (bicyclic) bond motifs is 5. The Morgan fingerprint density at radius 1 is 1.12 bits per heavy atom. The summed E-state index contributed by atoms with van der Waals surface area (Å²) in [4.78, 5) is 22.4. The molecule has 1 amide bonds. The predicted octanol–water partition coefficient (Wildman–Crippen LogP) is 4.89. The zero-order valence-corrected chi connectivity index (χ0v) is 19.5. The van der Waals surface area contributed by atoms with Crippen LogP contribution in [-0.2, 0) is 6.54 Å². The zero-order chi connectivity index (χ0) is 23.4. The standard InChI is InChI=1S/C27H28N6O/c1-17(2)19-14-12-18(13-15-19)16-32-24(28-20-8-5-4-6-9-20)23-25(30-32)33-22-11-7-10-21(22)29-27(33)31(3)26(23)34/h4-6,8-9,12-15,21-22,28H,1,7,10-11,16H2,2-3H3/t21-,22+/m1/s1. The fourth-order valence-electron chi connectivity index (χ4n) is 5.27. The Bertz CT molecular complexity index is 1310. The Labute approximate surface area is 199 Å². The molecule has 1 fully saturated rings. The quantitative estimate of drug-likeness (QED) is 0.599. The number of para-hydroxylation sites is 1. The van der Waals surface area contributed by atoms with Crippen molar-refractivity contribution in [2.75, 3.05) is 17.3 Å². The number of carbonyl (C=O) groups is 1. The van der Waals surface area contributed by atoms with Crippen molar-refractivity contribution in [3.05, 3.63) is 77.9 Å². The molecule has 1 aromatic heterocycles. The zero-order valence-electron chi connectivity index (χ0n) is 19.5. The second-order valence-electron chi connectivity index (χ2n) is 9.40. The van der Waals surface area contributed by atoms with Crippen molar-refractivity contribution in [2.24, 2.45) is 4.99 Å². The van der Waals surface area contributed by atoms with Crippen LogP contribution in [0.25, 0.3) is 5.57 Å². The molecule has 0 saturated heterocycles. The van der Waals surface area contributed by atoms with Crippen molar-refractivity contribution in [3.8, 4) is 0 Å². The van der Waals surface area contributed by atoms with Crippen LogP contribution in [0.5, 0.6) is 0 Å². The lowest BCUT2D eigenvalue weighted by atomic mass is 10.1. The van der Waals surface area contributed by atoms with Crippen molar-refractivity contribution < 1.29 is 4.79 Å². The van der Waals surface area contributed by atoms with Gasteiger partial charge in [0, 0.05) is 12.7 Å². The Hall–Kier alpha value is -3.87. The van der Waals surface area contributed by atoms with Gasteiger partial charge in [-0.1, -0.05) is 54.6 Å². The van der Waals surface area contributed by atoms with Gasteiger partial charge in [0.2, 0.25) is 5.96 Å². The van der Waals surface area contributed by atoms with Gasteiger partial charge in [-0.2, -0.15) is 5.10 Å². The van der Waals surface area contributed by atoms with Crippen LogP contribution in [0, 0.1) is 0 Å². The summed E-state index contributed by atoms with van der Waals surface area (Å²) in [7, 11) is 1.82. The van der Waals surface area contributed by atoms with Gasteiger partial charge in [0.25, 0.3) is 5.91 Å². The molecule has 3 aliphatic rings. The first kappa shape index (κ1) is 20.7. The summed E-state index contributed by atoms with van der Waals surface area (Å²) in [6, 6.07) is 18.8. The first-order valence-corrected chi connectivity index (χ1v) is 11.8. The number of benzene rings is 2. The fourth-order valence-corrected chi connectivity index (χ4v) is 5.27. The molecule has 3 heterocycles. The van der Waals surface area contributed by atoms with E-state index in [1.807, 2.05) is 49.0 Å². The maximum atomic E-state index is 13.6. The van der Waals surface area contributed by atoms with Crippen molar-refractivity contribution in [1.29, 1.82) is 0 Å². The monoisotopic (exact) mass is 452 g/mol. The van der Waals surface area contributed by atoms with Crippen LogP contribution < -0.4 is 10.2 Å². The van der Waals surface area contributed by atoms with Crippen LogP contribution in [0.3, 0.4) is 0 Å². The molecule has 172 valence electrons. The number of anilines is 3. The number of amides is 1. The van der Waals surface area contributed by atoms with Crippen LogP contribution in [-0.4, -0.2) is 45.7 Å². The van der Waals surface area contributed by atoms with Gasteiger partial charge in [0.1, 0.15) is 11.4 Å². The minimum atomic E-state index is -0.0766. The van der Waals surface area contributed by atoms with Crippen LogP contribution in [0.2, 0.25) is 0 Å². The van der Waals surface area contributed by atoms with E-state index in [9.17, 15) is 4.79 Å². The summed E-state index contributed by atoms with van der Waals surface area (Å²) in [5.41, 5.74) is 4.78. The van der Waals surface area contributed by atoms with Gasteiger partial charge in [0.05, 0.1) is 18.6 Å². The topological polar surface area (TPSA) is 65.8 Å². The molecule has 3 aromatic rings. The van der Waals surface area contributed by atoms with E-state index in [1.165, 1.54) is 0 Å². The molecule has 0 bridgehead atoms. The third kappa shape index (κ3) is 3.22. The molecule has 1 N–H and O–H groups in total. The normalized spacial score (nSPS) is 20.6. The van der Waals surface area contributed by atoms with Gasteiger partial charge in [-0.3, -0.25) is 14.6 Å². The van der Waals surface area contributed by atoms with E-state index >= 15 is 0 Å². The predicted molar refractivity (Wildman–Crippen MR) is 136 cm³/mol. The molecule has 34 heavy (non-hydrogen) atoms. The Morgan fingerprint density at radius 2 is 1.88 bits per heavy atom. The summed E-state index contributed by atoms with van der Waals surface area (Å²) in [5, 5.41) is 8.52. The first-order valence-electron chi connectivity index (χ1n) is 11.8. The number of nitrogens with zero attached hydrogens (tertiary/aromatic N) is 5. The van der Waals surface area contributed by atoms with Gasteiger partial charge >= 0.3 is 0 Å². The van der Waals surface area contributed by atoms with Gasteiger partial charge < -0.3 is 5.32 Å². The van der Waals surface area contributed by atoms with Crippen LogP contribution in [0.4, 0.5) is 17.3 Å². The average molecular weight is 453 g/mol.